The van der Waals surface area contributed by atoms with E-state index in [-0.39, 0.29) is 5.69 Å². The van der Waals surface area contributed by atoms with Gasteiger partial charge in [-0.05, 0) is 30.3 Å². The third-order valence-electron chi connectivity index (χ3n) is 3.02. The van der Waals surface area contributed by atoms with E-state index in [0.717, 1.165) is 11.1 Å². The summed E-state index contributed by atoms with van der Waals surface area (Å²) in [4.78, 5) is 14.4. The molecular formula is C15H18N2O4Si. The van der Waals surface area contributed by atoms with Gasteiger partial charge in [-0.2, -0.15) is 0 Å². The molecule has 0 saturated heterocycles. The minimum Gasteiger partial charge on any atom is -0.390 e. The van der Waals surface area contributed by atoms with E-state index in [9.17, 15) is 10.1 Å². The Balaban J connectivity index is 1.89. The SMILES string of the molecule is C[Si](C)(OCc1cccnc1)OCc1cccc([N+](=O)[O-])c1. The van der Waals surface area contributed by atoms with Crippen molar-refractivity contribution in [3.8, 4) is 0 Å². The Bertz CT molecular complexity index is 634. The van der Waals surface area contributed by atoms with Crippen LogP contribution in [0, 0.1) is 10.1 Å². The van der Waals surface area contributed by atoms with Crippen LogP contribution in [0.1, 0.15) is 11.1 Å². The maximum absolute atomic E-state index is 10.8. The van der Waals surface area contributed by atoms with Crippen LogP contribution in [0.3, 0.4) is 0 Å². The van der Waals surface area contributed by atoms with Crippen molar-refractivity contribution in [2.24, 2.45) is 0 Å². The summed E-state index contributed by atoms with van der Waals surface area (Å²) in [5.74, 6) is 0. The largest absolute Gasteiger partial charge is 0.390 e. The second kappa shape index (κ2) is 7.26. The molecule has 116 valence electrons. The lowest BCUT2D eigenvalue weighted by molar-refractivity contribution is -0.384. The number of nitrogens with zero attached hydrogens (tertiary/aromatic N) is 2. The Kier molecular flexibility index (Phi) is 5.37. The van der Waals surface area contributed by atoms with Gasteiger partial charge < -0.3 is 8.85 Å². The summed E-state index contributed by atoms with van der Waals surface area (Å²) in [7, 11) is -2.31. The first-order valence-corrected chi connectivity index (χ1v) is 9.68. The highest BCUT2D eigenvalue weighted by atomic mass is 28.4. The van der Waals surface area contributed by atoms with Crippen molar-refractivity contribution in [1.82, 2.24) is 4.98 Å². The number of hydrogen-bond acceptors (Lipinski definition) is 5. The van der Waals surface area contributed by atoms with Crippen molar-refractivity contribution < 1.29 is 13.8 Å². The molecule has 0 aliphatic heterocycles. The molecule has 0 bridgehead atoms. The number of pyridine rings is 1. The lowest BCUT2D eigenvalue weighted by Gasteiger charge is -2.22. The number of rotatable bonds is 7. The Morgan fingerprint density at radius 3 is 2.45 bits per heavy atom. The summed E-state index contributed by atoms with van der Waals surface area (Å²) in [5, 5.41) is 10.8. The van der Waals surface area contributed by atoms with Crippen molar-refractivity contribution in [1.29, 1.82) is 0 Å². The van der Waals surface area contributed by atoms with Crippen LogP contribution < -0.4 is 0 Å². The fraction of sp³-hybridized carbons (Fsp3) is 0.267. The second-order valence-electron chi connectivity index (χ2n) is 5.27. The molecule has 7 heteroatoms. The van der Waals surface area contributed by atoms with E-state index in [0.29, 0.717) is 13.2 Å². The zero-order valence-electron chi connectivity index (χ0n) is 12.6. The Morgan fingerprint density at radius 2 is 1.82 bits per heavy atom. The highest BCUT2D eigenvalue weighted by Crippen LogP contribution is 2.17. The highest BCUT2D eigenvalue weighted by molar-refractivity contribution is 6.64. The predicted octanol–water partition coefficient (Wildman–Crippen LogP) is 3.43. The van der Waals surface area contributed by atoms with E-state index < -0.39 is 13.5 Å². The van der Waals surface area contributed by atoms with Gasteiger partial charge in [-0.25, -0.2) is 0 Å². The van der Waals surface area contributed by atoms with Gasteiger partial charge >= 0.3 is 8.56 Å². The summed E-state index contributed by atoms with van der Waals surface area (Å²) in [5.41, 5.74) is 1.82. The van der Waals surface area contributed by atoms with E-state index in [1.807, 2.05) is 25.2 Å². The molecule has 0 radical (unpaired) electrons. The first-order chi connectivity index (χ1) is 10.5. The van der Waals surface area contributed by atoms with Crippen LogP contribution in [0.2, 0.25) is 13.1 Å². The molecule has 2 rings (SSSR count). The first-order valence-electron chi connectivity index (χ1n) is 6.86. The smallest absolute Gasteiger partial charge is 0.332 e. The predicted molar refractivity (Wildman–Crippen MR) is 84.4 cm³/mol. The van der Waals surface area contributed by atoms with Crippen LogP contribution in [0.5, 0.6) is 0 Å². The number of benzene rings is 1. The van der Waals surface area contributed by atoms with Crippen LogP contribution in [0.4, 0.5) is 5.69 Å². The van der Waals surface area contributed by atoms with Gasteiger partial charge in [-0.15, -0.1) is 0 Å². The number of hydrogen-bond donors (Lipinski definition) is 0. The molecule has 2 aromatic rings. The summed E-state index contributed by atoms with van der Waals surface area (Å²) in [6.45, 7) is 4.64. The maximum Gasteiger partial charge on any atom is 0.332 e. The number of nitro groups is 1. The Morgan fingerprint density at radius 1 is 1.14 bits per heavy atom. The molecule has 22 heavy (non-hydrogen) atoms. The summed E-state index contributed by atoms with van der Waals surface area (Å²) >= 11 is 0. The van der Waals surface area contributed by atoms with Gasteiger partial charge in [-0.3, -0.25) is 15.1 Å². The fourth-order valence-corrected chi connectivity index (χ4v) is 2.91. The molecule has 1 aromatic carbocycles. The average Bonchev–Trinajstić information content (AvgIpc) is 2.53. The van der Waals surface area contributed by atoms with Gasteiger partial charge in [0.2, 0.25) is 0 Å². The van der Waals surface area contributed by atoms with E-state index in [1.54, 1.807) is 24.5 Å². The lowest BCUT2D eigenvalue weighted by Crippen LogP contribution is -2.34. The van der Waals surface area contributed by atoms with Gasteiger partial charge in [0, 0.05) is 24.5 Å². The van der Waals surface area contributed by atoms with Crippen molar-refractivity contribution >= 4 is 14.2 Å². The minimum absolute atomic E-state index is 0.0665. The van der Waals surface area contributed by atoms with Crippen LogP contribution in [0.25, 0.3) is 0 Å². The number of aromatic nitrogens is 1. The summed E-state index contributed by atoms with van der Waals surface area (Å²) < 4.78 is 11.7. The Hall–Kier alpha value is -2.09. The Labute approximate surface area is 130 Å². The molecule has 0 fully saturated rings. The molecule has 0 aliphatic rings. The molecule has 0 N–H and O–H groups in total. The van der Waals surface area contributed by atoms with Crippen molar-refractivity contribution in [3.63, 3.8) is 0 Å². The van der Waals surface area contributed by atoms with Crippen molar-refractivity contribution in [2.75, 3.05) is 0 Å². The van der Waals surface area contributed by atoms with E-state index >= 15 is 0 Å². The summed E-state index contributed by atoms with van der Waals surface area (Å²) in [6, 6.07) is 10.2. The van der Waals surface area contributed by atoms with Crippen molar-refractivity contribution in [3.05, 3.63) is 70.0 Å². The van der Waals surface area contributed by atoms with Crippen LogP contribution >= 0.6 is 0 Å². The topological polar surface area (TPSA) is 74.5 Å². The fourth-order valence-electron chi connectivity index (χ4n) is 1.80. The molecule has 0 aliphatic carbocycles. The molecule has 0 unspecified atom stereocenters. The van der Waals surface area contributed by atoms with Crippen LogP contribution in [0.15, 0.2) is 48.8 Å². The van der Waals surface area contributed by atoms with Gasteiger partial charge in [-0.1, -0.05) is 18.2 Å². The molecular weight excluding hydrogens is 300 g/mol. The molecule has 0 atom stereocenters. The molecule has 6 nitrogen and oxygen atoms in total. The third kappa shape index (κ3) is 5.03. The standard InChI is InChI=1S/C15H18N2O4Si/c1-22(2,21-12-14-6-4-8-16-10-14)20-11-13-5-3-7-15(9-13)17(18)19/h3-10H,11-12H2,1-2H3. The van der Waals surface area contributed by atoms with E-state index in [2.05, 4.69) is 4.98 Å². The van der Waals surface area contributed by atoms with E-state index in [1.165, 1.54) is 12.1 Å². The minimum atomic E-state index is -2.31. The molecule has 1 aromatic heterocycles. The zero-order valence-corrected chi connectivity index (χ0v) is 13.6. The first kappa shape index (κ1) is 16.3. The van der Waals surface area contributed by atoms with Gasteiger partial charge in [0.05, 0.1) is 18.1 Å². The average molecular weight is 318 g/mol. The van der Waals surface area contributed by atoms with Crippen molar-refractivity contribution in [2.45, 2.75) is 26.3 Å². The zero-order chi connectivity index (χ0) is 16.0. The van der Waals surface area contributed by atoms with Crippen LogP contribution in [-0.2, 0) is 22.1 Å². The quantitative estimate of drug-likeness (QED) is 0.444. The van der Waals surface area contributed by atoms with Crippen LogP contribution in [-0.4, -0.2) is 18.5 Å². The van der Waals surface area contributed by atoms with Gasteiger partial charge in [0.25, 0.3) is 5.69 Å². The molecule has 0 saturated carbocycles. The monoisotopic (exact) mass is 318 g/mol. The van der Waals surface area contributed by atoms with Gasteiger partial charge in [0.1, 0.15) is 0 Å². The number of non-ortho nitro benzene ring substituents is 1. The summed E-state index contributed by atoms with van der Waals surface area (Å²) in [6.07, 6.45) is 3.47. The normalized spacial score (nSPS) is 11.4. The third-order valence-corrected chi connectivity index (χ3v) is 4.70. The molecule has 0 spiro atoms. The second-order valence-corrected chi connectivity index (χ2v) is 8.64. The van der Waals surface area contributed by atoms with E-state index in [4.69, 9.17) is 8.85 Å². The maximum atomic E-state index is 10.8. The highest BCUT2D eigenvalue weighted by Gasteiger charge is 2.25. The molecule has 0 amide bonds. The lowest BCUT2D eigenvalue weighted by atomic mass is 10.2. The van der Waals surface area contributed by atoms with Gasteiger partial charge in [0.15, 0.2) is 0 Å². The number of nitro benzene ring substituents is 1. The molecule has 1 heterocycles.